The lowest BCUT2D eigenvalue weighted by Crippen LogP contribution is -2.39. The Labute approximate surface area is 140 Å². The fourth-order valence-corrected chi connectivity index (χ4v) is 4.57. The van der Waals surface area contributed by atoms with Gasteiger partial charge in [-0.05, 0) is 43.9 Å². The van der Waals surface area contributed by atoms with Gasteiger partial charge in [0, 0.05) is 32.0 Å². The fraction of sp³-hybridized carbons (Fsp3) is 0.438. The standard InChI is InChI=1S/C16H19F2N3O2S/c1-12-19-6-9-20(12)11-13-4-7-21(8-5-13)24(22,23)16-10-14(17)2-3-15(16)18/h2-3,6,9-10,13H,4-5,7-8,11H2,1H3. The van der Waals surface area contributed by atoms with E-state index in [1.807, 2.05) is 17.7 Å². The van der Waals surface area contributed by atoms with Crippen molar-refractivity contribution in [1.82, 2.24) is 13.9 Å². The van der Waals surface area contributed by atoms with Gasteiger partial charge in [-0.25, -0.2) is 22.2 Å². The van der Waals surface area contributed by atoms with Crippen molar-refractivity contribution < 1.29 is 17.2 Å². The number of imidazole rings is 1. The molecule has 1 aliphatic heterocycles. The van der Waals surface area contributed by atoms with E-state index in [0.717, 1.165) is 30.6 Å². The third kappa shape index (κ3) is 3.34. The summed E-state index contributed by atoms with van der Waals surface area (Å²) >= 11 is 0. The van der Waals surface area contributed by atoms with Crippen molar-refractivity contribution in [3.63, 3.8) is 0 Å². The molecule has 5 nitrogen and oxygen atoms in total. The third-order valence-corrected chi connectivity index (χ3v) is 6.38. The van der Waals surface area contributed by atoms with E-state index in [-0.39, 0.29) is 0 Å². The lowest BCUT2D eigenvalue weighted by atomic mass is 9.98. The fourth-order valence-electron chi connectivity index (χ4n) is 3.02. The van der Waals surface area contributed by atoms with Crippen LogP contribution < -0.4 is 0 Å². The van der Waals surface area contributed by atoms with E-state index in [0.29, 0.717) is 31.8 Å². The normalized spacial score (nSPS) is 17.3. The van der Waals surface area contributed by atoms with Crippen LogP contribution in [-0.2, 0) is 16.6 Å². The van der Waals surface area contributed by atoms with E-state index >= 15 is 0 Å². The van der Waals surface area contributed by atoms with Gasteiger partial charge in [0.05, 0.1) is 0 Å². The highest BCUT2D eigenvalue weighted by molar-refractivity contribution is 7.89. The first-order valence-electron chi connectivity index (χ1n) is 7.81. The SMILES string of the molecule is Cc1nccn1CC1CCN(S(=O)(=O)c2cc(F)ccc2F)CC1. The third-order valence-electron chi connectivity index (χ3n) is 4.46. The molecule has 1 saturated heterocycles. The lowest BCUT2D eigenvalue weighted by Gasteiger charge is -2.31. The Morgan fingerprint density at radius 1 is 1.25 bits per heavy atom. The zero-order chi connectivity index (χ0) is 17.3. The molecule has 3 rings (SSSR count). The van der Waals surface area contributed by atoms with Gasteiger partial charge >= 0.3 is 0 Å². The summed E-state index contributed by atoms with van der Waals surface area (Å²) in [6.45, 7) is 3.31. The van der Waals surface area contributed by atoms with Crippen molar-refractivity contribution in [3.8, 4) is 0 Å². The maximum Gasteiger partial charge on any atom is 0.246 e. The Bertz CT molecular complexity index is 828. The van der Waals surface area contributed by atoms with Crippen LogP contribution in [0, 0.1) is 24.5 Å². The first kappa shape index (κ1) is 17.0. The Balaban J connectivity index is 1.69. The maximum atomic E-state index is 13.8. The molecule has 130 valence electrons. The predicted octanol–water partition coefficient (Wildman–Crippen LogP) is 2.57. The largest absolute Gasteiger partial charge is 0.335 e. The lowest BCUT2D eigenvalue weighted by molar-refractivity contribution is 0.251. The number of rotatable bonds is 4. The summed E-state index contributed by atoms with van der Waals surface area (Å²) in [7, 11) is -4.01. The molecule has 8 heteroatoms. The van der Waals surface area contributed by atoms with Gasteiger partial charge in [-0.3, -0.25) is 0 Å². The van der Waals surface area contributed by atoms with E-state index in [4.69, 9.17) is 0 Å². The van der Waals surface area contributed by atoms with Crippen LogP contribution in [0.15, 0.2) is 35.5 Å². The summed E-state index contributed by atoms with van der Waals surface area (Å²) in [5.41, 5.74) is 0. The molecule has 0 aliphatic carbocycles. The molecular formula is C16H19F2N3O2S. The van der Waals surface area contributed by atoms with Crippen LogP contribution in [0.2, 0.25) is 0 Å². The van der Waals surface area contributed by atoms with Crippen LogP contribution in [0.4, 0.5) is 8.78 Å². The van der Waals surface area contributed by atoms with E-state index in [1.165, 1.54) is 4.31 Å². The van der Waals surface area contributed by atoms with Crippen molar-refractivity contribution in [2.75, 3.05) is 13.1 Å². The molecule has 24 heavy (non-hydrogen) atoms. The molecule has 0 radical (unpaired) electrons. The minimum atomic E-state index is -4.01. The Kier molecular flexibility index (Phi) is 4.69. The highest BCUT2D eigenvalue weighted by Gasteiger charge is 2.31. The smallest absolute Gasteiger partial charge is 0.246 e. The second kappa shape index (κ2) is 6.60. The summed E-state index contributed by atoms with van der Waals surface area (Å²) in [6.07, 6.45) is 4.99. The molecule has 0 unspecified atom stereocenters. The van der Waals surface area contributed by atoms with Gasteiger partial charge < -0.3 is 4.57 Å². The van der Waals surface area contributed by atoms with Crippen molar-refractivity contribution in [2.24, 2.45) is 5.92 Å². The summed E-state index contributed by atoms with van der Waals surface area (Å²) in [6, 6.07) is 2.50. The molecule has 2 heterocycles. The highest BCUT2D eigenvalue weighted by atomic mass is 32.2. The number of aromatic nitrogens is 2. The summed E-state index contributed by atoms with van der Waals surface area (Å²) in [4.78, 5) is 3.58. The van der Waals surface area contributed by atoms with Gasteiger partial charge in [-0.15, -0.1) is 0 Å². The van der Waals surface area contributed by atoms with Crippen LogP contribution in [0.25, 0.3) is 0 Å². The molecule has 0 N–H and O–H groups in total. The number of nitrogens with zero attached hydrogens (tertiary/aromatic N) is 3. The second-order valence-electron chi connectivity index (χ2n) is 6.05. The van der Waals surface area contributed by atoms with Crippen LogP contribution in [0.3, 0.4) is 0 Å². The average Bonchev–Trinajstić information content (AvgIpc) is 2.95. The molecule has 0 amide bonds. The van der Waals surface area contributed by atoms with Gasteiger partial charge in [-0.2, -0.15) is 4.31 Å². The molecule has 1 aromatic heterocycles. The van der Waals surface area contributed by atoms with Crippen molar-refractivity contribution in [1.29, 1.82) is 0 Å². The molecule has 0 saturated carbocycles. The monoisotopic (exact) mass is 355 g/mol. The van der Waals surface area contributed by atoms with Crippen molar-refractivity contribution in [2.45, 2.75) is 31.2 Å². The average molecular weight is 355 g/mol. The zero-order valence-electron chi connectivity index (χ0n) is 13.3. The maximum absolute atomic E-state index is 13.8. The number of benzene rings is 1. The highest BCUT2D eigenvalue weighted by Crippen LogP contribution is 2.26. The van der Waals surface area contributed by atoms with E-state index < -0.39 is 26.6 Å². The van der Waals surface area contributed by atoms with Gasteiger partial charge in [0.15, 0.2) is 0 Å². The molecule has 1 fully saturated rings. The van der Waals surface area contributed by atoms with E-state index in [2.05, 4.69) is 4.98 Å². The first-order chi connectivity index (χ1) is 11.4. The molecular weight excluding hydrogens is 336 g/mol. The van der Waals surface area contributed by atoms with E-state index in [9.17, 15) is 17.2 Å². The van der Waals surface area contributed by atoms with Gasteiger partial charge in [-0.1, -0.05) is 0 Å². The number of aryl methyl sites for hydroxylation is 1. The summed E-state index contributed by atoms with van der Waals surface area (Å²) < 4.78 is 55.5. The molecule has 0 bridgehead atoms. The second-order valence-corrected chi connectivity index (χ2v) is 7.96. The van der Waals surface area contributed by atoms with Gasteiger partial charge in [0.2, 0.25) is 10.0 Å². The topological polar surface area (TPSA) is 55.2 Å². The number of hydrogen-bond acceptors (Lipinski definition) is 3. The molecule has 1 aliphatic rings. The molecule has 0 spiro atoms. The van der Waals surface area contributed by atoms with E-state index in [1.54, 1.807) is 6.20 Å². The van der Waals surface area contributed by atoms with Crippen molar-refractivity contribution in [3.05, 3.63) is 48.1 Å². The minimum Gasteiger partial charge on any atom is -0.335 e. The summed E-state index contributed by atoms with van der Waals surface area (Å²) in [5.74, 6) is -0.429. The first-order valence-corrected chi connectivity index (χ1v) is 9.25. The van der Waals surface area contributed by atoms with Crippen LogP contribution in [0.1, 0.15) is 18.7 Å². The Morgan fingerprint density at radius 2 is 1.96 bits per heavy atom. The van der Waals surface area contributed by atoms with Gasteiger partial charge in [0.1, 0.15) is 22.4 Å². The van der Waals surface area contributed by atoms with Crippen LogP contribution in [-0.4, -0.2) is 35.4 Å². The number of hydrogen-bond donors (Lipinski definition) is 0. The Morgan fingerprint density at radius 3 is 2.58 bits per heavy atom. The quantitative estimate of drug-likeness (QED) is 0.847. The number of halogens is 2. The molecule has 2 aromatic rings. The minimum absolute atomic E-state index is 0.302. The number of piperidine rings is 1. The van der Waals surface area contributed by atoms with Crippen LogP contribution in [0.5, 0.6) is 0 Å². The molecule has 1 aromatic carbocycles. The summed E-state index contributed by atoms with van der Waals surface area (Å²) in [5, 5.41) is 0. The van der Waals surface area contributed by atoms with Gasteiger partial charge in [0.25, 0.3) is 0 Å². The van der Waals surface area contributed by atoms with Crippen molar-refractivity contribution >= 4 is 10.0 Å². The zero-order valence-corrected chi connectivity index (χ0v) is 14.1. The molecule has 0 atom stereocenters. The number of sulfonamides is 1. The predicted molar refractivity (Wildman–Crippen MR) is 84.8 cm³/mol. The van der Waals surface area contributed by atoms with Crippen LogP contribution >= 0.6 is 0 Å². The Hall–Kier alpha value is -1.80.